The highest BCUT2D eigenvalue weighted by atomic mass is 19.1. The number of nitrogens with two attached hydrogens (primary N) is 1. The van der Waals surface area contributed by atoms with Gasteiger partial charge in [0, 0.05) is 25.0 Å². The summed E-state index contributed by atoms with van der Waals surface area (Å²) in [5.41, 5.74) is 6.88. The number of anilines is 1. The molecule has 0 unspecified atom stereocenters. The van der Waals surface area contributed by atoms with Gasteiger partial charge in [0.15, 0.2) is 11.6 Å². The van der Waals surface area contributed by atoms with Crippen LogP contribution in [0.25, 0.3) is 17.2 Å². The number of rotatable bonds is 3. The maximum absolute atomic E-state index is 13.7. The van der Waals surface area contributed by atoms with Crippen molar-refractivity contribution in [3.8, 4) is 11.5 Å². The van der Waals surface area contributed by atoms with E-state index in [1.807, 2.05) is 0 Å². The molecule has 0 aromatic carbocycles. The molecule has 10 nitrogen and oxygen atoms in total. The van der Waals surface area contributed by atoms with Gasteiger partial charge in [-0.05, 0) is 25.0 Å². The number of halogens is 1. The van der Waals surface area contributed by atoms with Crippen LogP contribution in [0.3, 0.4) is 0 Å². The molecule has 5 rings (SSSR count). The summed E-state index contributed by atoms with van der Waals surface area (Å²) in [6.07, 6.45) is 5.22. The van der Waals surface area contributed by atoms with Gasteiger partial charge in [-0.1, -0.05) is 0 Å². The molecule has 30 heavy (non-hydrogen) atoms. The van der Waals surface area contributed by atoms with Crippen molar-refractivity contribution < 1.29 is 18.8 Å². The minimum Gasteiger partial charge on any atom is -0.378 e. The Kier molecular flexibility index (Phi) is 4.36. The lowest BCUT2D eigenvalue weighted by molar-refractivity contribution is -0.385. The summed E-state index contributed by atoms with van der Waals surface area (Å²) >= 11 is 0. The maximum Gasteiger partial charge on any atom is 0.332 e. The zero-order chi connectivity index (χ0) is 20.9. The molecule has 1 saturated carbocycles. The summed E-state index contributed by atoms with van der Waals surface area (Å²) in [5, 5.41) is 11.7. The molecule has 156 valence electrons. The largest absolute Gasteiger partial charge is 0.378 e. The van der Waals surface area contributed by atoms with Crippen LogP contribution in [-0.2, 0) is 9.47 Å². The monoisotopic (exact) mass is 414 g/mol. The Morgan fingerprint density at radius 1 is 1.23 bits per heavy atom. The van der Waals surface area contributed by atoms with E-state index in [4.69, 9.17) is 15.2 Å². The number of fused-ring (bicyclic) bond motifs is 1. The molecular weight excluding hydrogens is 395 g/mol. The molecule has 0 bridgehead atoms. The Labute approximate surface area is 170 Å². The maximum atomic E-state index is 13.7. The molecular formula is C19H19FN6O4. The molecule has 0 radical (unpaired) electrons. The summed E-state index contributed by atoms with van der Waals surface area (Å²) in [7, 11) is 0. The van der Waals surface area contributed by atoms with Crippen molar-refractivity contribution in [3.63, 3.8) is 0 Å². The van der Waals surface area contributed by atoms with Gasteiger partial charge in [-0.25, -0.2) is 19.3 Å². The Balaban J connectivity index is 1.57. The first-order valence-electron chi connectivity index (χ1n) is 9.68. The SMILES string of the molecule is Nc1nc(-c2cnc3ccc(F)cn23)nc(C2CCC3(CC2)OCCO3)c1[N+](=O)[O-]. The van der Waals surface area contributed by atoms with Crippen LogP contribution >= 0.6 is 0 Å². The fraction of sp³-hybridized carbons (Fsp3) is 0.421. The normalized spacial score (nSPS) is 19.0. The minimum atomic E-state index is -0.591. The molecule has 2 aliphatic rings. The zero-order valence-corrected chi connectivity index (χ0v) is 16.0. The highest BCUT2D eigenvalue weighted by Gasteiger charge is 2.43. The Morgan fingerprint density at radius 3 is 2.67 bits per heavy atom. The van der Waals surface area contributed by atoms with Crippen LogP contribution in [0.5, 0.6) is 0 Å². The van der Waals surface area contributed by atoms with E-state index in [0.29, 0.717) is 50.2 Å². The zero-order valence-electron chi connectivity index (χ0n) is 16.0. The number of aromatic nitrogens is 4. The summed E-state index contributed by atoms with van der Waals surface area (Å²) in [5.74, 6) is -1.29. The number of nitro groups is 1. The first kappa shape index (κ1) is 18.8. The highest BCUT2D eigenvalue weighted by molar-refractivity contribution is 5.64. The van der Waals surface area contributed by atoms with E-state index < -0.39 is 16.5 Å². The molecule has 1 saturated heterocycles. The molecule has 1 spiro atoms. The first-order chi connectivity index (χ1) is 14.5. The average Bonchev–Trinajstić information content (AvgIpc) is 3.34. The molecule has 3 aromatic heterocycles. The van der Waals surface area contributed by atoms with Crippen LogP contribution in [0.2, 0.25) is 0 Å². The fourth-order valence-corrected chi connectivity index (χ4v) is 4.31. The van der Waals surface area contributed by atoms with Crippen LogP contribution in [0.4, 0.5) is 15.9 Å². The Morgan fingerprint density at radius 2 is 1.97 bits per heavy atom. The third kappa shape index (κ3) is 3.06. The van der Waals surface area contributed by atoms with E-state index in [1.165, 1.54) is 28.9 Å². The molecule has 2 N–H and O–H groups in total. The minimum absolute atomic E-state index is 0.167. The van der Waals surface area contributed by atoms with Gasteiger partial charge in [-0.15, -0.1) is 0 Å². The number of nitrogens with zero attached hydrogens (tertiary/aromatic N) is 5. The average molecular weight is 414 g/mol. The van der Waals surface area contributed by atoms with Crippen molar-refractivity contribution >= 4 is 17.2 Å². The van der Waals surface area contributed by atoms with Gasteiger partial charge in [0.2, 0.25) is 5.82 Å². The van der Waals surface area contributed by atoms with E-state index in [1.54, 1.807) is 0 Å². The number of imidazole rings is 1. The van der Waals surface area contributed by atoms with Gasteiger partial charge < -0.3 is 15.2 Å². The van der Waals surface area contributed by atoms with Crippen molar-refractivity contribution in [2.24, 2.45) is 0 Å². The van der Waals surface area contributed by atoms with Gasteiger partial charge in [0.1, 0.15) is 22.9 Å². The third-order valence-electron chi connectivity index (χ3n) is 5.77. The standard InChI is InChI=1S/C19H19FN6O4/c20-12-1-2-14-22-9-13(25(14)10-12)18-23-15(16(26(27)28)17(21)24-18)11-3-5-19(6-4-11)29-7-8-30-19/h1-2,9-11H,3-8H2,(H2,21,23,24). The quantitative estimate of drug-likeness (QED) is 0.511. The second kappa shape index (κ2) is 6.96. The van der Waals surface area contributed by atoms with Crippen molar-refractivity contribution in [2.45, 2.75) is 37.4 Å². The van der Waals surface area contributed by atoms with Gasteiger partial charge in [-0.3, -0.25) is 14.5 Å². The second-order valence-corrected chi connectivity index (χ2v) is 7.52. The van der Waals surface area contributed by atoms with Gasteiger partial charge in [0.05, 0.1) is 24.3 Å². The van der Waals surface area contributed by atoms with Crippen LogP contribution in [0, 0.1) is 15.9 Å². The lowest BCUT2D eigenvalue weighted by Gasteiger charge is -2.35. The summed E-state index contributed by atoms with van der Waals surface area (Å²) < 4.78 is 26.7. The number of hydrogen-bond donors (Lipinski definition) is 1. The molecule has 11 heteroatoms. The molecule has 2 fully saturated rings. The second-order valence-electron chi connectivity index (χ2n) is 7.52. The van der Waals surface area contributed by atoms with E-state index >= 15 is 0 Å². The number of ether oxygens (including phenoxy) is 2. The molecule has 3 aromatic rings. The van der Waals surface area contributed by atoms with Crippen molar-refractivity contribution in [1.29, 1.82) is 0 Å². The molecule has 1 aliphatic heterocycles. The van der Waals surface area contributed by atoms with E-state index in [2.05, 4.69) is 15.0 Å². The number of hydrogen-bond acceptors (Lipinski definition) is 8. The lowest BCUT2D eigenvalue weighted by atomic mass is 9.82. The van der Waals surface area contributed by atoms with Crippen molar-refractivity contribution in [2.75, 3.05) is 18.9 Å². The van der Waals surface area contributed by atoms with Crippen LogP contribution in [0.1, 0.15) is 37.3 Å². The van der Waals surface area contributed by atoms with Gasteiger partial charge in [0.25, 0.3) is 0 Å². The van der Waals surface area contributed by atoms with E-state index in [0.717, 1.165) is 0 Å². The predicted molar refractivity (Wildman–Crippen MR) is 103 cm³/mol. The van der Waals surface area contributed by atoms with Crippen molar-refractivity contribution in [3.05, 3.63) is 46.2 Å². The molecule has 4 heterocycles. The fourth-order valence-electron chi connectivity index (χ4n) is 4.31. The van der Waals surface area contributed by atoms with E-state index in [-0.39, 0.29) is 28.9 Å². The van der Waals surface area contributed by atoms with Gasteiger partial charge in [-0.2, -0.15) is 0 Å². The van der Waals surface area contributed by atoms with Crippen LogP contribution < -0.4 is 5.73 Å². The summed E-state index contributed by atoms with van der Waals surface area (Å²) in [4.78, 5) is 24.0. The molecule has 0 amide bonds. The van der Waals surface area contributed by atoms with Gasteiger partial charge >= 0.3 is 5.69 Å². The molecule has 1 aliphatic carbocycles. The van der Waals surface area contributed by atoms with Crippen LogP contribution in [0.15, 0.2) is 24.5 Å². The summed E-state index contributed by atoms with van der Waals surface area (Å²) in [6.45, 7) is 1.11. The lowest BCUT2D eigenvalue weighted by Crippen LogP contribution is -2.35. The smallest absolute Gasteiger partial charge is 0.332 e. The number of nitrogen functional groups attached to an aromatic ring is 1. The topological polar surface area (TPSA) is 131 Å². The summed E-state index contributed by atoms with van der Waals surface area (Å²) in [6, 6.07) is 2.82. The predicted octanol–water partition coefficient (Wildman–Crippen LogP) is 2.82. The Bertz CT molecular complexity index is 1130. The molecule has 0 atom stereocenters. The Hall–Kier alpha value is -3.18. The van der Waals surface area contributed by atoms with Crippen LogP contribution in [-0.4, -0.2) is 43.3 Å². The highest BCUT2D eigenvalue weighted by Crippen LogP contribution is 2.45. The first-order valence-corrected chi connectivity index (χ1v) is 9.68. The van der Waals surface area contributed by atoms with Crippen molar-refractivity contribution in [1.82, 2.24) is 19.4 Å². The third-order valence-corrected chi connectivity index (χ3v) is 5.77. The van der Waals surface area contributed by atoms with E-state index in [9.17, 15) is 14.5 Å². The number of pyridine rings is 1.